The Hall–Kier alpha value is -2.70. The van der Waals surface area contributed by atoms with E-state index in [1.54, 1.807) is 20.0 Å². The Bertz CT molecular complexity index is 993. The third kappa shape index (κ3) is 14.7. The molecule has 2 heterocycles. The Kier molecular flexibility index (Phi) is 20.5. The molecule has 3 N–H and O–H groups in total. The Morgan fingerprint density at radius 3 is 2.12 bits per heavy atom. The fraction of sp³-hybridized carbons (Fsp3) is 0.531. The van der Waals surface area contributed by atoms with E-state index < -0.39 is 12.5 Å². The van der Waals surface area contributed by atoms with Gasteiger partial charge in [0.15, 0.2) is 0 Å². The zero-order valence-corrected chi connectivity index (χ0v) is 26.3. The monoisotopic (exact) mass is 593 g/mol. The Labute approximate surface area is 252 Å². The number of piperidine rings is 1. The summed E-state index contributed by atoms with van der Waals surface area (Å²) < 4.78 is 25.3. The number of aliphatic hydroxyl groups excluding tert-OH is 1. The number of amidine groups is 1. The Morgan fingerprint density at radius 2 is 1.61 bits per heavy atom. The van der Waals surface area contributed by atoms with Crippen LogP contribution in [0.15, 0.2) is 75.3 Å². The minimum absolute atomic E-state index is 0.333. The van der Waals surface area contributed by atoms with Gasteiger partial charge >= 0.3 is 0 Å². The zero-order valence-electron chi connectivity index (χ0n) is 25.6. The van der Waals surface area contributed by atoms with Crippen molar-refractivity contribution in [2.75, 3.05) is 66.6 Å². The number of halogens is 3. The maximum atomic E-state index is 13.0. The van der Waals surface area contributed by atoms with E-state index in [1.165, 1.54) is 18.7 Å². The topological polar surface area (TPSA) is 68.3 Å². The smallest absolute Gasteiger partial charge is 0.142 e. The summed E-state index contributed by atoms with van der Waals surface area (Å²) in [5, 5.41) is 9.92. The van der Waals surface area contributed by atoms with E-state index in [2.05, 4.69) is 51.8 Å². The van der Waals surface area contributed by atoms with Crippen molar-refractivity contribution in [3.63, 3.8) is 0 Å². The van der Waals surface area contributed by atoms with Crippen LogP contribution in [0.5, 0.6) is 0 Å². The van der Waals surface area contributed by atoms with E-state index in [9.17, 15) is 13.9 Å². The summed E-state index contributed by atoms with van der Waals surface area (Å²) in [5.41, 5.74) is 7.33. The lowest BCUT2D eigenvalue weighted by Gasteiger charge is -2.43. The molecular formula is C32H50ClF2N5O. The third-order valence-electron chi connectivity index (χ3n) is 6.92. The molecule has 0 unspecified atom stereocenters. The van der Waals surface area contributed by atoms with Crippen molar-refractivity contribution >= 4 is 17.4 Å². The number of aliphatic imine (C=N–C) groups is 1. The van der Waals surface area contributed by atoms with E-state index in [0.717, 1.165) is 81.7 Å². The predicted molar refractivity (Wildman–Crippen MR) is 173 cm³/mol. The number of alkyl halides is 1. The summed E-state index contributed by atoms with van der Waals surface area (Å²) >= 11 is 6.63. The number of aliphatic hydroxyl groups is 1. The number of nitrogens with two attached hydrogens (primary N) is 1. The standard InChI is InChI=1S/C29H43ClF2N4O.C2H2.CH5N/c1-22(6-9-25(4)37)21-34-14-12-27(13-15-34)35-16-18-36(19-17-35)29(33-5)28(30)11-8-24(3)23(2)7-10-26(32)20-31;2*1-2/h6-7,9-11,27,37H,3,8,12-21H2,1-2,4-5H3;1-2H;2H2,1H3/b22-6+,23-7+,25-9+,26-10+,28-11+,33-29?;;. The molecule has 0 spiro atoms. The van der Waals surface area contributed by atoms with Crippen LogP contribution < -0.4 is 5.73 Å². The molecule has 0 atom stereocenters. The van der Waals surface area contributed by atoms with Crippen LogP contribution >= 0.6 is 11.6 Å². The average molecular weight is 594 g/mol. The van der Waals surface area contributed by atoms with Crippen molar-refractivity contribution in [1.82, 2.24) is 14.7 Å². The van der Waals surface area contributed by atoms with Gasteiger partial charge in [0.25, 0.3) is 0 Å². The average Bonchev–Trinajstić information content (AvgIpc) is 3.00. The first kappa shape index (κ1) is 38.3. The molecule has 0 amide bonds. The van der Waals surface area contributed by atoms with Crippen LogP contribution in [0.4, 0.5) is 8.78 Å². The number of terminal acetylenes is 1. The zero-order chi connectivity index (χ0) is 31.4. The van der Waals surface area contributed by atoms with Crippen LogP contribution in [0.3, 0.4) is 0 Å². The SMILES string of the molecule is C#C.C=C(C/C=C(/Cl)C(=NC)N1CCN(C2CCN(C/C(C)=C/C=C(\C)O)CC2)CC1)/C(C)=C/C=C(/F)CF.CN. The van der Waals surface area contributed by atoms with Crippen LogP contribution in [0.2, 0.25) is 0 Å². The van der Waals surface area contributed by atoms with Gasteiger partial charge in [-0.25, -0.2) is 8.78 Å². The molecule has 0 bridgehead atoms. The maximum absolute atomic E-state index is 13.0. The number of allylic oxidation sites excluding steroid dienone is 9. The van der Waals surface area contributed by atoms with Gasteiger partial charge in [-0.15, -0.1) is 12.8 Å². The van der Waals surface area contributed by atoms with Crippen LogP contribution in [-0.4, -0.2) is 98.3 Å². The lowest BCUT2D eigenvalue weighted by atomic mass is 10.0. The van der Waals surface area contributed by atoms with E-state index in [0.29, 0.717) is 23.3 Å². The molecule has 0 saturated carbocycles. The third-order valence-corrected chi connectivity index (χ3v) is 7.25. The van der Waals surface area contributed by atoms with Gasteiger partial charge < -0.3 is 15.7 Å². The summed E-state index contributed by atoms with van der Waals surface area (Å²) in [6.45, 7) is 15.4. The molecule has 9 heteroatoms. The molecule has 0 aromatic heterocycles. The van der Waals surface area contributed by atoms with E-state index in [4.69, 9.17) is 11.6 Å². The second-order valence-electron chi connectivity index (χ2n) is 9.86. The first-order valence-corrected chi connectivity index (χ1v) is 14.3. The second-order valence-corrected chi connectivity index (χ2v) is 10.3. The molecular weight excluding hydrogens is 544 g/mol. The summed E-state index contributed by atoms with van der Waals surface area (Å²) in [5.74, 6) is 0.309. The van der Waals surface area contributed by atoms with Crippen LogP contribution in [0, 0.1) is 12.8 Å². The highest BCUT2D eigenvalue weighted by molar-refractivity contribution is 6.43. The molecule has 41 heavy (non-hydrogen) atoms. The van der Waals surface area contributed by atoms with Crippen molar-refractivity contribution < 1.29 is 13.9 Å². The van der Waals surface area contributed by atoms with Gasteiger partial charge in [0.1, 0.15) is 18.3 Å². The highest BCUT2D eigenvalue weighted by Gasteiger charge is 2.28. The number of likely N-dealkylation sites (tertiary alicyclic amines) is 1. The first-order chi connectivity index (χ1) is 19.6. The lowest BCUT2D eigenvalue weighted by molar-refractivity contribution is 0.0814. The highest BCUT2D eigenvalue weighted by Crippen LogP contribution is 2.22. The van der Waals surface area contributed by atoms with Crippen molar-refractivity contribution in [2.24, 2.45) is 10.7 Å². The quantitative estimate of drug-likeness (QED) is 0.104. The molecule has 2 aliphatic heterocycles. The van der Waals surface area contributed by atoms with Gasteiger partial charge in [0.2, 0.25) is 0 Å². The summed E-state index contributed by atoms with van der Waals surface area (Å²) in [6.07, 6.45) is 19.1. The van der Waals surface area contributed by atoms with Gasteiger partial charge in [-0.1, -0.05) is 42.0 Å². The predicted octanol–water partition coefficient (Wildman–Crippen LogP) is 6.17. The molecule has 230 valence electrons. The van der Waals surface area contributed by atoms with Crippen molar-refractivity contribution in [3.8, 4) is 12.8 Å². The summed E-state index contributed by atoms with van der Waals surface area (Å²) in [7, 11) is 3.26. The number of piperazine rings is 1. The molecule has 2 saturated heterocycles. The first-order valence-electron chi connectivity index (χ1n) is 13.9. The van der Waals surface area contributed by atoms with Crippen LogP contribution in [0.1, 0.15) is 40.0 Å². The maximum Gasteiger partial charge on any atom is 0.142 e. The van der Waals surface area contributed by atoms with Gasteiger partial charge in [-0.05, 0) is 83.5 Å². The Morgan fingerprint density at radius 1 is 1.02 bits per heavy atom. The molecule has 2 rings (SSSR count). The van der Waals surface area contributed by atoms with Gasteiger partial charge in [-0.2, -0.15) is 0 Å². The second kappa shape index (κ2) is 22.0. The van der Waals surface area contributed by atoms with Gasteiger partial charge in [0, 0.05) is 45.8 Å². The fourth-order valence-electron chi connectivity index (χ4n) is 4.65. The minimum atomic E-state index is -1.11. The summed E-state index contributed by atoms with van der Waals surface area (Å²) in [6, 6.07) is 0.602. The molecule has 0 radical (unpaired) electrons. The molecule has 2 fully saturated rings. The van der Waals surface area contributed by atoms with E-state index >= 15 is 0 Å². The van der Waals surface area contributed by atoms with Crippen LogP contribution in [0.25, 0.3) is 0 Å². The largest absolute Gasteiger partial charge is 0.513 e. The van der Waals surface area contributed by atoms with Gasteiger partial charge in [0.05, 0.1) is 10.8 Å². The minimum Gasteiger partial charge on any atom is -0.513 e. The van der Waals surface area contributed by atoms with Crippen LogP contribution in [-0.2, 0) is 0 Å². The van der Waals surface area contributed by atoms with Crippen molar-refractivity contribution in [3.05, 3.63) is 70.3 Å². The van der Waals surface area contributed by atoms with Gasteiger partial charge in [-0.3, -0.25) is 14.8 Å². The summed E-state index contributed by atoms with van der Waals surface area (Å²) in [4.78, 5) is 11.8. The van der Waals surface area contributed by atoms with E-state index in [-0.39, 0.29) is 0 Å². The van der Waals surface area contributed by atoms with Crippen molar-refractivity contribution in [1.29, 1.82) is 0 Å². The number of nitrogens with zero attached hydrogens (tertiary/aromatic N) is 4. The fourth-order valence-corrected chi connectivity index (χ4v) is 4.93. The molecule has 0 aromatic carbocycles. The number of rotatable bonds is 10. The molecule has 0 aromatic rings. The van der Waals surface area contributed by atoms with E-state index in [1.807, 2.05) is 19.1 Å². The Balaban J connectivity index is 0.00000382. The normalized spacial score (nSPS) is 19.2. The molecule has 6 nitrogen and oxygen atoms in total. The number of hydrogen-bond acceptors (Lipinski definition) is 5. The number of hydrogen-bond donors (Lipinski definition) is 2. The van der Waals surface area contributed by atoms with Crippen molar-refractivity contribution in [2.45, 2.75) is 46.1 Å². The lowest BCUT2D eigenvalue weighted by Crippen LogP contribution is -2.54. The molecule has 0 aliphatic carbocycles. The highest BCUT2D eigenvalue weighted by atomic mass is 35.5. The molecule has 2 aliphatic rings.